The van der Waals surface area contributed by atoms with E-state index in [1.807, 2.05) is 18.2 Å². The Balaban J connectivity index is 1.45. The second kappa shape index (κ2) is 7.89. The van der Waals surface area contributed by atoms with Crippen molar-refractivity contribution >= 4 is 32.6 Å². The van der Waals surface area contributed by atoms with E-state index in [0.717, 1.165) is 51.7 Å². The number of nitrogens with zero attached hydrogens (tertiary/aromatic N) is 2. The third-order valence-electron chi connectivity index (χ3n) is 5.81. The smallest absolute Gasteiger partial charge is 0.233 e. The van der Waals surface area contributed by atoms with Gasteiger partial charge >= 0.3 is 0 Å². The quantitative estimate of drug-likeness (QED) is 0.608. The van der Waals surface area contributed by atoms with E-state index >= 15 is 0 Å². The number of amides is 1. The summed E-state index contributed by atoms with van der Waals surface area (Å²) >= 11 is 1.56. The summed E-state index contributed by atoms with van der Waals surface area (Å²) in [6, 6.07) is 9.86. The molecule has 0 saturated carbocycles. The summed E-state index contributed by atoms with van der Waals surface area (Å²) in [5.41, 5.74) is 4.24. The highest BCUT2D eigenvalue weighted by molar-refractivity contribution is 7.22. The molecule has 30 heavy (non-hydrogen) atoms. The average Bonchev–Trinajstić information content (AvgIpc) is 3.49. The van der Waals surface area contributed by atoms with Crippen molar-refractivity contribution in [3.05, 3.63) is 47.0 Å². The van der Waals surface area contributed by atoms with E-state index in [9.17, 15) is 4.79 Å². The lowest BCUT2D eigenvalue weighted by Crippen LogP contribution is -2.38. The topological polar surface area (TPSA) is 60.9 Å². The normalized spacial score (nSPS) is 17.6. The standard InChI is InChI=1S/C23H24N2O4S/c1-14-5-8-20-22(15(14)2)24-23(30-20)25(12-17-4-3-9-27-17)21(26)11-16-6-7-18-19(10-16)29-13-28-18/h5-8,10,17H,3-4,9,11-13H2,1-2H3. The lowest BCUT2D eigenvalue weighted by Gasteiger charge is -2.23. The minimum Gasteiger partial charge on any atom is -0.454 e. The molecule has 1 saturated heterocycles. The number of aromatic nitrogens is 1. The first-order valence-electron chi connectivity index (χ1n) is 10.3. The Morgan fingerprint density at radius 3 is 2.90 bits per heavy atom. The number of carbonyl (C=O) groups excluding carboxylic acids is 1. The molecule has 0 bridgehead atoms. The number of aryl methyl sites for hydroxylation is 2. The van der Waals surface area contributed by atoms with Crippen molar-refractivity contribution < 1.29 is 19.0 Å². The molecule has 0 radical (unpaired) electrons. The highest BCUT2D eigenvalue weighted by Gasteiger charge is 2.27. The molecule has 7 heteroatoms. The molecule has 1 aromatic heterocycles. The number of anilines is 1. The summed E-state index contributed by atoms with van der Waals surface area (Å²) in [6.07, 6.45) is 2.33. The van der Waals surface area contributed by atoms with E-state index < -0.39 is 0 Å². The van der Waals surface area contributed by atoms with Gasteiger partial charge in [-0.25, -0.2) is 4.98 Å². The van der Waals surface area contributed by atoms with Crippen LogP contribution in [-0.2, 0) is 16.0 Å². The van der Waals surface area contributed by atoms with Gasteiger partial charge in [-0.2, -0.15) is 0 Å². The molecule has 1 amide bonds. The van der Waals surface area contributed by atoms with E-state index in [1.165, 1.54) is 5.56 Å². The summed E-state index contributed by atoms with van der Waals surface area (Å²) in [7, 11) is 0. The molecule has 0 aliphatic carbocycles. The molecule has 3 heterocycles. The maximum Gasteiger partial charge on any atom is 0.233 e. The van der Waals surface area contributed by atoms with E-state index in [2.05, 4.69) is 26.0 Å². The van der Waals surface area contributed by atoms with Crippen LogP contribution in [-0.4, -0.2) is 36.9 Å². The molecule has 6 nitrogen and oxygen atoms in total. The van der Waals surface area contributed by atoms with Crippen LogP contribution in [0.25, 0.3) is 10.2 Å². The van der Waals surface area contributed by atoms with Crippen LogP contribution in [0.3, 0.4) is 0 Å². The van der Waals surface area contributed by atoms with E-state index in [4.69, 9.17) is 19.2 Å². The number of thiazole rings is 1. The predicted octanol–water partition coefficient (Wildman–Crippen LogP) is 4.40. The SMILES string of the molecule is Cc1ccc2sc(N(CC3CCCO3)C(=O)Cc3ccc4c(c3)OCO4)nc2c1C. The van der Waals surface area contributed by atoms with Crippen LogP contribution in [0.2, 0.25) is 0 Å². The molecule has 156 valence electrons. The van der Waals surface area contributed by atoms with Gasteiger partial charge in [0.05, 0.1) is 29.3 Å². The van der Waals surface area contributed by atoms with Gasteiger partial charge in [-0.05, 0) is 61.6 Å². The molecule has 3 aromatic rings. The molecular weight excluding hydrogens is 400 g/mol. The Morgan fingerprint density at radius 1 is 1.20 bits per heavy atom. The first-order valence-corrected chi connectivity index (χ1v) is 11.1. The fourth-order valence-electron chi connectivity index (χ4n) is 3.93. The summed E-state index contributed by atoms with van der Waals surface area (Å²) < 4.78 is 17.8. The molecule has 1 unspecified atom stereocenters. The van der Waals surface area contributed by atoms with Gasteiger partial charge < -0.3 is 14.2 Å². The third kappa shape index (κ3) is 3.63. The van der Waals surface area contributed by atoms with E-state index in [-0.39, 0.29) is 25.2 Å². The molecule has 2 aliphatic heterocycles. The Morgan fingerprint density at radius 2 is 2.07 bits per heavy atom. The Hall–Kier alpha value is -2.64. The highest BCUT2D eigenvalue weighted by atomic mass is 32.1. The van der Waals surface area contributed by atoms with Crippen LogP contribution < -0.4 is 14.4 Å². The number of hydrogen-bond donors (Lipinski definition) is 0. The zero-order valence-corrected chi connectivity index (χ0v) is 18.0. The number of rotatable bonds is 5. The van der Waals surface area contributed by atoms with Crippen molar-refractivity contribution in [3.63, 3.8) is 0 Å². The van der Waals surface area contributed by atoms with Crippen molar-refractivity contribution in [1.82, 2.24) is 4.98 Å². The van der Waals surface area contributed by atoms with Crippen molar-refractivity contribution in [1.29, 1.82) is 0 Å². The van der Waals surface area contributed by atoms with Gasteiger partial charge in [0.25, 0.3) is 0 Å². The molecule has 1 fully saturated rings. The number of hydrogen-bond acceptors (Lipinski definition) is 6. The molecule has 0 spiro atoms. The van der Waals surface area contributed by atoms with Gasteiger partial charge in [-0.3, -0.25) is 9.69 Å². The van der Waals surface area contributed by atoms with Gasteiger partial charge in [0.2, 0.25) is 12.7 Å². The van der Waals surface area contributed by atoms with E-state index in [0.29, 0.717) is 12.3 Å². The van der Waals surface area contributed by atoms with Crippen molar-refractivity contribution in [2.45, 2.75) is 39.2 Å². The van der Waals surface area contributed by atoms with Crippen LogP contribution in [0.4, 0.5) is 5.13 Å². The monoisotopic (exact) mass is 424 g/mol. The molecule has 0 N–H and O–H groups in total. The van der Waals surface area contributed by atoms with Gasteiger partial charge in [0.15, 0.2) is 16.6 Å². The number of benzene rings is 2. The molecular formula is C23H24N2O4S. The van der Waals surface area contributed by atoms with Crippen molar-refractivity contribution in [2.75, 3.05) is 24.8 Å². The first kappa shape index (κ1) is 19.3. The van der Waals surface area contributed by atoms with Crippen LogP contribution >= 0.6 is 11.3 Å². The number of ether oxygens (including phenoxy) is 3. The average molecular weight is 425 g/mol. The van der Waals surface area contributed by atoms with Crippen molar-refractivity contribution in [3.8, 4) is 11.5 Å². The number of fused-ring (bicyclic) bond motifs is 2. The molecule has 2 aromatic carbocycles. The predicted molar refractivity (Wildman–Crippen MR) is 117 cm³/mol. The fourth-order valence-corrected chi connectivity index (χ4v) is 4.98. The van der Waals surface area contributed by atoms with Crippen LogP contribution in [0, 0.1) is 13.8 Å². The molecule has 5 rings (SSSR count). The first-order chi connectivity index (χ1) is 14.6. The summed E-state index contributed by atoms with van der Waals surface area (Å²) in [6.45, 7) is 5.68. The van der Waals surface area contributed by atoms with Crippen LogP contribution in [0.1, 0.15) is 29.5 Å². The molecule has 2 aliphatic rings. The lowest BCUT2D eigenvalue weighted by atomic mass is 10.1. The molecule has 1 atom stereocenters. The summed E-state index contributed by atoms with van der Waals surface area (Å²) in [5, 5.41) is 0.736. The minimum absolute atomic E-state index is 0.0118. The summed E-state index contributed by atoms with van der Waals surface area (Å²) in [4.78, 5) is 20.1. The van der Waals surface area contributed by atoms with Gasteiger partial charge in [-0.1, -0.05) is 23.5 Å². The minimum atomic E-state index is 0.0118. The second-order valence-corrected chi connectivity index (χ2v) is 8.86. The van der Waals surface area contributed by atoms with E-state index in [1.54, 1.807) is 16.2 Å². The van der Waals surface area contributed by atoms with Crippen LogP contribution in [0.5, 0.6) is 11.5 Å². The maximum atomic E-state index is 13.4. The Labute approximate surface area is 179 Å². The van der Waals surface area contributed by atoms with Crippen LogP contribution in [0.15, 0.2) is 30.3 Å². The second-order valence-electron chi connectivity index (χ2n) is 7.85. The fraction of sp³-hybridized carbons (Fsp3) is 0.391. The van der Waals surface area contributed by atoms with Gasteiger partial charge in [0.1, 0.15) is 0 Å². The Kier molecular flexibility index (Phi) is 5.08. The zero-order valence-electron chi connectivity index (χ0n) is 17.1. The van der Waals surface area contributed by atoms with Gasteiger partial charge in [0, 0.05) is 6.61 Å². The highest BCUT2D eigenvalue weighted by Crippen LogP contribution is 2.35. The lowest BCUT2D eigenvalue weighted by molar-refractivity contribution is -0.118. The third-order valence-corrected chi connectivity index (χ3v) is 6.85. The van der Waals surface area contributed by atoms with Crippen molar-refractivity contribution in [2.24, 2.45) is 0 Å². The maximum absolute atomic E-state index is 13.4. The Bertz CT molecular complexity index is 1100. The number of carbonyl (C=O) groups is 1. The largest absolute Gasteiger partial charge is 0.454 e. The zero-order chi connectivity index (χ0) is 20.7. The summed E-state index contributed by atoms with van der Waals surface area (Å²) in [5.74, 6) is 1.43. The van der Waals surface area contributed by atoms with Gasteiger partial charge in [-0.15, -0.1) is 0 Å².